The molecule has 0 aliphatic heterocycles. The Labute approximate surface area is 141 Å². The average molecular weight is 327 g/mol. The number of hydrogen-bond acceptors (Lipinski definition) is 3. The van der Waals surface area contributed by atoms with Gasteiger partial charge in [-0.15, -0.1) is 0 Å². The van der Waals surface area contributed by atoms with E-state index < -0.39 is 5.97 Å². The van der Waals surface area contributed by atoms with Gasteiger partial charge in [-0.3, -0.25) is 4.79 Å². The third-order valence-electron chi connectivity index (χ3n) is 3.46. The van der Waals surface area contributed by atoms with E-state index in [-0.39, 0.29) is 17.9 Å². The third kappa shape index (κ3) is 5.12. The maximum Gasteiger partial charge on any atom is 0.335 e. The fraction of sp³-hybridized carbons (Fsp3) is 0.263. The summed E-state index contributed by atoms with van der Waals surface area (Å²) >= 11 is 0. The zero-order valence-corrected chi connectivity index (χ0v) is 13.6. The van der Waals surface area contributed by atoms with Crippen LogP contribution in [0, 0.1) is 0 Å². The summed E-state index contributed by atoms with van der Waals surface area (Å²) in [6.45, 7) is 2.66. The Bertz CT molecular complexity index is 712. The molecule has 5 nitrogen and oxygen atoms in total. The maximum atomic E-state index is 12.1. The molecule has 2 N–H and O–H groups in total. The van der Waals surface area contributed by atoms with Gasteiger partial charge in [-0.05, 0) is 36.6 Å². The molecule has 24 heavy (non-hydrogen) atoms. The molecule has 0 heterocycles. The van der Waals surface area contributed by atoms with Gasteiger partial charge in [-0.25, -0.2) is 4.79 Å². The van der Waals surface area contributed by atoms with E-state index >= 15 is 0 Å². The van der Waals surface area contributed by atoms with Crippen molar-refractivity contribution in [1.29, 1.82) is 0 Å². The van der Waals surface area contributed by atoms with Gasteiger partial charge in [-0.2, -0.15) is 0 Å². The van der Waals surface area contributed by atoms with Gasteiger partial charge in [0.25, 0.3) is 0 Å². The summed E-state index contributed by atoms with van der Waals surface area (Å²) in [5, 5.41) is 12.0. The van der Waals surface area contributed by atoms with E-state index in [1.165, 1.54) is 0 Å². The predicted octanol–water partition coefficient (Wildman–Crippen LogP) is 3.74. The van der Waals surface area contributed by atoms with Crippen LogP contribution in [-0.4, -0.2) is 23.6 Å². The average Bonchev–Trinajstić information content (AvgIpc) is 2.58. The van der Waals surface area contributed by atoms with Crippen LogP contribution in [0.25, 0.3) is 0 Å². The van der Waals surface area contributed by atoms with Crippen molar-refractivity contribution in [2.24, 2.45) is 0 Å². The Hall–Kier alpha value is -2.82. The fourth-order valence-electron chi connectivity index (χ4n) is 2.30. The van der Waals surface area contributed by atoms with E-state index in [1.54, 1.807) is 36.4 Å². The highest BCUT2D eigenvalue weighted by molar-refractivity contribution is 5.92. The Morgan fingerprint density at radius 3 is 2.67 bits per heavy atom. The molecule has 1 amide bonds. The molecule has 0 unspecified atom stereocenters. The lowest BCUT2D eigenvalue weighted by atomic mass is 10.0. The van der Waals surface area contributed by atoms with E-state index in [0.717, 1.165) is 6.42 Å². The molecule has 126 valence electrons. The maximum absolute atomic E-state index is 12.1. The molecule has 0 bridgehead atoms. The Kier molecular flexibility index (Phi) is 6.37. The molecule has 0 atom stereocenters. The second-order valence-electron chi connectivity index (χ2n) is 5.39. The van der Waals surface area contributed by atoms with Crippen molar-refractivity contribution in [3.8, 4) is 5.75 Å². The van der Waals surface area contributed by atoms with Crippen LogP contribution in [0.4, 0.5) is 5.69 Å². The smallest absolute Gasteiger partial charge is 0.335 e. The number of aromatic carboxylic acids is 1. The number of nitrogens with one attached hydrogen (secondary N) is 1. The summed E-state index contributed by atoms with van der Waals surface area (Å²) in [7, 11) is 0. The molecular weight excluding hydrogens is 306 g/mol. The van der Waals surface area contributed by atoms with Crippen molar-refractivity contribution in [2.45, 2.75) is 26.2 Å². The third-order valence-corrected chi connectivity index (χ3v) is 3.46. The van der Waals surface area contributed by atoms with E-state index in [1.807, 2.05) is 19.1 Å². The Morgan fingerprint density at radius 2 is 1.92 bits per heavy atom. The SMILES string of the molecule is CCCOc1cccc(NC(=O)CCc2ccccc2C(=O)O)c1. The van der Waals surface area contributed by atoms with Crippen molar-refractivity contribution in [3.63, 3.8) is 0 Å². The molecular formula is C19H21NO4. The number of carbonyl (C=O) groups is 2. The van der Waals surface area contributed by atoms with Crippen molar-refractivity contribution < 1.29 is 19.4 Å². The predicted molar refractivity (Wildman–Crippen MR) is 92.6 cm³/mol. The Morgan fingerprint density at radius 1 is 1.12 bits per heavy atom. The van der Waals surface area contributed by atoms with Crippen molar-refractivity contribution >= 4 is 17.6 Å². The first-order chi connectivity index (χ1) is 11.6. The highest BCUT2D eigenvalue weighted by Gasteiger charge is 2.11. The fourth-order valence-corrected chi connectivity index (χ4v) is 2.30. The molecule has 0 saturated heterocycles. The zero-order valence-electron chi connectivity index (χ0n) is 13.6. The van der Waals surface area contributed by atoms with Crippen LogP contribution in [0.3, 0.4) is 0 Å². The first-order valence-electron chi connectivity index (χ1n) is 7.94. The summed E-state index contributed by atoms with van der Waals surface area (Å²) in [5.41, 5.74) is 1.56. The monoisotopic (exact) mass is 327 g/mol. The number of aryl methyl sites for hydroxylation is 1. The van der Waals surface area contributed by atoms with Gasteiger partial charge in [0.15, 0.2) is 0 Å². The van der Waals surface area contributed by atoms with Gasteiger partial charge in [-0.1, -0.05) is 31.2 Å². The van der Waals surface area contributed by atoms with E-state index in [4.69, 9.17) is 9.84 Å². The molecule has 0 saturated carbocycles. The highest BCUT2D eigenvalue weighted by Crippen LogP contribution is 2.18. The van der Waals surface area contributed by atoms with Crippen LogP contribution in [0.15, 0.2) is 48.5 Å². The summed E-state index contributed by atoms with van der Waals surface area (Å²) in [6.07, 6.45) is 1.50. The van der Waals surface area contributed by atoms with Crippen molar-refractivity contribution in [3.05, 3.63) is 59.7 Å². The van der Waals surface area contributed by atoms with Gasteiger partial charge in [0, 0.05) is 18.2 Å². The molecule has 2 aromatic carbocycles. The van der Waals surface area contributed by atoms with E-state index in [2.05, 4.69) is 5.32 Å². The lowest BCUT2D eigenvalue weighted by molar-refractivity contribution is -0.116. The lowest BCUT2D eigenvalue weighted by Crippen LogP contribution is -2.13. The minimum Gasteiger partial charge on any atom is -0.494 e. The number of carboxylic acids is 1. The van der Waals surface area contributed by atoms with Gasteiger partial charge >= 0.3 is 5.97 Å². The van der Waals surface area contributed by atoms with E-state index in [9.17, 15) is 9.59 Å². The van der Waals surface area contributed by atoms with Crippen LogP contribution in [0.2, 0.25) is 0 Å². The molecule has 0 aromatic heterocycles. The molecule has 0 fully saturated rings. The first-order valence-corrected chi connectivity index (χ1v) is 7.94. The zero-order chi connectivity index (χ0) is 17.4. The second-order valence-corrected chi connectivity index (χ2v) is 5.39. The number of hydrogen-bond donors (Lipinski definition) is 2. The molecule has 0 aliphatic rings. The summed E-state index contributed by atoms with van der Waals surface area (Å²) in [6, 6.07) is 14.0. The van der Waals surface area contributed by atoms with Crippen LogP contribution in [0.5, 0.6) is 5.75 Å². The number of rotatable bonds is 8. The molecule has 0 aliphatic carbocycles. The largest absolute Gasteiger partial charge is 0.494 e. The standard InChI is InChI=1S/C19H21NO4/c1-2-12-24-16-8-5-7-15(13-16)20-18(21)11-10-14-6-3-4-9-17(14)19(22)23/h3-9,13H,2,10-12H2,1H3,(H,20,21)(H,22,23). The van der Waals surface area contributed by atoms with Gasteiger partial charge < -0.3 is 15.2 Å². The Balaban J connectivity index is 1.93. The van der Waals surface area contributed by atoms with Crippen LogP contribution >= 0.6 is 0 Å². The highest BCUT2D eigenvalue weighted by atomic mass is 16.5. The van der Waals surface area contributed by atoms with Gasteiger partial charge in [0.05, 0.1) is 12.2 Å². The number of ether oxygens (including phenoxy) is 1. The number of anilines is 1. The van der Waals surface area contributed by atoms with E-state index in [0.29, 0.717) is 30.0 Å². The number of carbonyl (C=O) groups excluding carboxylic acids is 1. The molecule has 2 aromatic rings. The first kappa shape index (κ1) is 17.5. The molecule has 5 heteroatoms. The number of benzene rings is 2. The van der Waals surface area contributed by atoms with Crippen LogP contribution in [-0.2, 0) is 11.2 Å². The van der Waals surface area contributed by atoms with Gasteiger partial charge in [0.2, 0.25) is 5.91 Å². The summed E-state index contributed by atoms with van der Waals surface area (Å²) in [4.78, 5) is 23.3. The molecule has 0 spiro atoms. The van der Waals surface area contributed by atoms with Crippen LogP contribution in [0.1, 0.15) is 35.7 Å². The topological polar surface area (TPSA) is 75.6 Å². The van der Waals surface area contributed by atoms with Crippen LogP contribution < -0.4 is 10.1 Å². The van der Waals surface area contributed by atoms with Crippen molar-refractivity contribution in [2.75, 3.05) is 11.9 Å². The molecule has 0 radical (unpaired) electrons. The summed E-state index contributed by atoms with van der Waals surface area (Å²) in [5.74, 6) is -0.430. The summed E-state index contributed by atoms with van der Waals surface area (Å²) < 4.78 is 5.53. The quantitative estimate of drug-likeness (QED) is 0.774. The number of carboxylic acid groups (broad SMARTS) is 1. The minimum absolute atomic E-state index is 0.164. The molecule has 2 rings (SSSR count). The lowest BCUT2D eigenvalue weighted by Gasteiger charge is -2.09. The second kappa shape index (κ2) is 8.72. The van der Waals surface area contributed by atoms with Crippen molar-refractivity contribution in [1.82, 2.24) is 0 Å². The number of amides is 1. The minimum atomic E-state index is -0.980. The van der Waals surface area contributed by atoms with Gasteiger partial charge in [0.1, 0.15) is 5.75 Å². The normalized spacial score (nSPS) is 10.2.